The van der Waals surface area contributed by atoms with E-state index in [1.807, 2.05) is 0 Å². The highest BCUT2D eigenvalue weighted by Gasteiger charge is 2.32. The van der Waals surface area contributed by atoms with Crippen LogP contribution in [0.4, 0.5) is 17.6 Å². The molecule has 1 aliphatic rings. The van der Waals surface area contributed by atoms with Gasteiger partial charge in [-0.25, -0.2) is 4.39 Å². The lowest BCUT2D eigenvalue weighted by molar-refractivity contribution is -0.275. The Morgan fingerprint density at radius 2 is 1.87 bits per heavy atom. The predicted octanol–water partition coefficient (Wildman–Crippen LogP) is 2.63. The van der Waals surface area contributed by atoms with Crippen molar-refractivity contribution in [1.82, 2.24) is 5.32 Å². The molecule has 15 heavy (non-hydrogen) atoms. The molecule has 0 spiro atoms. The predicted molar refractivity (Wildman–Crippen MR) is 44.2 cm³/mol. The maximum Gasteiger partial charge on any atom is 0.573 e. The lowest BCUT2D eigenvalue weighted by atomic mass is 10.2. The average Bonchev–Trinajstić information content (AvgIpc) is 2.89. The normalized spacial score (nSPS) is 14.3. The Hall–Kier alpha value is -1.72. The van der Waals surface area contributed by atoms with Crippen LogP contribution in [0.15, 0.2) is 24.4 Å². The number of halogens is 4. The Balaban J connectivity index is 2.28. The maximum atomic E-state index is 12.9. The standard InChI is InChI=1S/C9H5F4NO/c10-6-2-1-5(7-4-14-7)3-8(6)15-9(11,12)13/h1-4,14H. The summed E-state index contributed by atoms with van der Waals surface area (Å²) in [6.45, 7) is 0. The first-order valence-electron chi connectivity index (χ1n) is 3.98. The molecule has 0 amide bonds. The summed E-state index contributed by atoms with van der Waals surface area (Å²) in [5.41, 5.74) is 1.11. The van der Waals surface area contributed by atoms with Crippen LogP contribution in [0.5, 0.6) is 5.75 Å². The molecule has 2 rings (SSSR count). The van der Waals surface area contributed by atoms with Gasteiger partial charge < -0.3 is 10.1 Å². The van der Waals surface area contributed by atoms with Crippen LogP contribution >= 0.6 is 0 Å². The van der Waals surface area contributed by atoms with Crippen molar-refractivity contribution in [1.29, 1.82) is 0 Å². The van der Waals surface area contributed by atoms with E-state index < -0.39 is 17.9 Å². The maximum absolute atomic E-state index is 12.9. The molecule has 1 aromatic carbocycles. The van der Waals surface area contributed by atoms with E-state index in [1.165, 1.54) is 6.07 Å². The van der Waals surface area contributed by atoms with E-state index in [-0.39, 0.29) is 0 Å². The Morgan fingerprint density at radius 1 is 1.20 bits per heavy atom. The summed E-state index contributed by atoms with van der Waals surface area (Å²) in [4.78, 5) is 0. The van der Waals surface area contributed by atoms with Crippen LogP contribution in [0.3, 0.4) is 0 Å². The molecule has 6 heteroatoms. The SMILES string of the molecule is Fc1ccc(C2=CN2)cc1OC(F)(F)F. The molecule has 0 aliphatic carbocycles. The Bertz CT molecular complexity index is 425. The van der Waals surface area contributed by atoms with Gasteiger partial charge in [0.15, 0.2) is 11.6 Å². The van der Waals surface area contributed by atoms with Crippen molar-refractivity contribution >= 4 is 5.70 Å². The number of hydrogen-bond donors (Lipinski definition) is 1. The summed E-state index contributed by atoms with van der Waals surface area (Å²) in [6.07, 6.45) is -3.30. The molecule has 2 nitrogen and oxygen atoms in total. The second-order valence-corrected chi connectivity index (χ2v) is 2.90. The quantitative estimate of drug-likeness (QED) is 0.775. The van der Waals surface area contributed by atoms with Crippen molar-refractivity contribution in [2.75, 3.05) is 0 Å². The van der Waals surface area contributed by atoms with E-state index in [0.717, 1.165) is 12.1 Å². The first-order valence-corrected chi connectivity index (χ1v) is 3.98. The van der Waals surface area contributed by atoms with Crippen molar-refractivity contribution in [3.63, 3.8) is 0 Å². The van der Waals surface area contributed by atoms with E-state index in [4.69, 9.17) is 0 Å². The van der Waals surface area contributed by atoms with Gasteiger partial charge in [-0.2, -0.15) is 0 Å². The number of benzene rings is 1. The third kappa shape index (κ3) is 2.39. The minimum Gasteiger partial charge on any atom is -0.403 e. The van der Waals surface area contributed by atoms with Gasteiger partial charge in [0.05, 0.1) is 5.70 Å². The van der Waals surface area contributed by atoms with Gasteiger partial charge in [-0.15, -0.1) is 13.2 Å². The van der Waals surface area contributed by atoms with Crippen LogP contribution in [-0.4, -0.2) is 6.36 Å². The van der Waals surface area contributed by atoms with Gasteiger partial charge in [0.1, 0.15) is 0 Å². The van der Waals surface area contributed by atoms with Crippen LogP contribution in [-0.2, 0) is 0 Å². The fourth-order valence-corrected chi connectivity index (χ4v) is 1.08. The number of ether oxygens (including phenoxy) is 1. The number of nitrogens with one attached hydrogen (secondary N) is 1. The highest BCUT2D eigenvalue weighted by atomic mass is 19.4. The third-order valence-corrected chi connectivity index (χ3v) is 1.76. The second kappa shape index (κ2) is 3.15. The molecule has 1 heterocycles. The minimum absolute atomic E-state index is 0.454. The first kappa shape index (κ1) is 9.82. The topological polar surface area (TPSA) is 31.2 Å². The lowest BCUT2D eigenvalue weighted by Gasteiger charge is -2.10. The van der Waals surface area contributed by atoms with Gasteiger partial charge in [-0.3, -0.25) is 0 Å². The zero-order chi connectivity index (χ0) is 11.1. The fourth-order valence-electron chi connectivity index (χ4n) is 1.08. The van der Waals surface area contributed by atoms with Crippen LogP contribution in [0.1, 0.15) is 5.56 Å². The van der Waals surface area contributed by atoms with Gasteiger partial charge in [0, 0.05) is 11.8 Å². The van der Waals surface area contributed by atoms with E-state index in [2.05, 4.69) is 10.1 Å². The Kier molecular flexibility index (Phi) is 2.06. The molecule has 0 bridgehead atoms. The van der Waals surface area contributed by atoms with Crippen LogP contribution in [0, 0.1) is 5.82 Å². The van der Waals surface area contributed by atoms with Gasteiger partial charge >= 0.3 is 6.36 Å². The Labute approximate surface area is 82.2 Å². The molecule has 0 unspecified atom stereocenters. The molecule has 1 aromatic rings. The molecular weight excluding hydrogens is 214 g/mol. The summed E-state index contributed by atoms with van der Waals surface area (Å²) in [5.74, 6) is -1.87. The molecule has 0 saturated heterocycles. The summed E-state index contributed by atoms with van der Waals surface area (Å²) in [7, 11) is 0. The molecule has 0 radical (unpaired) electrons. The number of hydrogen-bond acceptors (Lipinski definition) is 2. The smallest absolute Gasteiger partial charge is 0.403 e. The lowest BCUT2D eigenvalue weighted by Crippen LogP contribution is -2.18. The van der Waals surface area contributed by atoms with Crippen molar-refractivity contribution in [3.8, 4) is 5.75 Å². The number of rotatable bonds is 2. The fraction of sp³-hybridized carbons (Fsp3) is 0.111. The van der Waals surface area contributed by atoms with Crippen molar-refractivity contribution in [2.45, 2.75) is 6.36 Å². The van der Waals surface area contributed by atoms with E-state index in [1.54, 1.807) is 6.20 Å². The van der Waals surface area contributed by atoms with Gasteiger partial charge in [0.25, 0.3) is 0 Å². The van der Waals surface area contributed by atoms with E-state index >= 15 is 0 Å². The van der Waals surface area contributed by atoms with E-state index in [0.29, 0.717) is 11.3 Å². The summed E-state index contributed by atoms with van der Waals surface area (Å²) >= 11 is 0. The van der Waals surface area contributed by atoms with Crippen LogP contribution in [0.2, 0.25) is 0 Å². The van der Waals surface area contributed by atoms with Gasteiger partial charge in [0.2, 0.25) is 0 Å². The minimum atomic E-state index is -4.88. The molecule has 0 saturated carbocycles. The third-order valence-electron chi connectivity index (χ3n) is 1.76. The zero-order valence-electron chi connectivity index (χ0n) is 7.23. The monoisotopic (exact) mass is 219 g/mol. The summed E-state index contributed by atoms with van der Waals surface area (Å²) in [6, 6.07) is 3.29. The molecule has 0 atom stereocenters. The van der Waals surface area contributed by atoms with E-state index in [9.17, 15) is 17.6 Å². The first-order chi connectivity index (χ1) is 6.96. The molecule has 80 valence electrons. The molecule has 1 aliphatic heterocycles. The second-order valence-electron chi connectivity index (χ2n) is 2.90. The van der Waals surface area contributed by atoms with Crippen LogP contribution in [0.25, 0.3) is 5.70 Å². The largest absolute Gasteiger partial charge is 0.573 e. The van der Waals surface area contributed by atoms with Gasteiger partial charge in [-0.05, 0) is 18.2 Å². The average molecular weight is 219 g/mol. The Morgan fingerprint density at radius 3 is 2.40 bits per heavy atom. The summed E-state index contributed by atoms with van der Waals surface area (Å²) in [5, 5.41) is 2.69. The molecule has 1 N–H and O–H groups in total. The van der Waals surface area contributed by atoms with Crippen molar-refractivity contribution < 1.29 is 22.3 Å². The highest BCUT2D eigenvalue weighted by Crippen LogP contribution is 2.29. The van der Waals surface area contributed by atoms with Gasteiger partial charge in [-0.1, -0.05) is 0 Å². The summed E-state index contributed by atoms with van der Waals surface area (Å²) < 4.78 is 52.0. The molecule has 0 fully saturated rings. The zero-order valence-corrected chi connectivity index (χ0v) is 7.23. The van der Waals surface area contributed by atoms with Crippen molar-refractivity contribution in [2.24, 2.45) is 0 Å². The highest BCUT2D eigenvalue weighted by molar-refractivity contribution is 5.74. The number of alkyl halides is 3. The molecule has 0 aromatic heterocycles. The molecular formula is C9H5F4NO. The van der Waals surface area contributed by atoms with Crippen molar-refractivity contribution in [3.05, 3.63) is 35.8 Å². The van der Waals surface area contributed by atoms with Crippen LogP contribution < -0.4 is 10.1 Å².